The molecule has 0 heterocycles. The monoisotopic (exact) mass is 432 g/mol. The Bertz CT molecular complexity index is 601. The molecule has 0 fully saturated rings. The van der Waals surface area contributed by atoms with Crippen LogP contribution in [-0.4, -0.2) is 18.4 Å². The highest BCUT2D eigenvalue weighted by atomic mass is 16.5. The van der Waals surface area contributed by atoms with E-state index in [1.807, 2.05) is 6.92 Å². The molecule has 1 aromatic rings. The summed E-state index contributed by atoms with van der Waals surface area (Å²) in [5.74, 6) is 0.199. The van der Waals surface area contributed by atoms with Crippen LogP contribution in [0.4, 0.5) is 0 Å². The fourth-order valence-electron chi connectivity index (χ4n) is 3.45. The predicted octanol–water partition coefficient (Wildman–Crippen LogP) is 6.57. The third-order valence-electron chi connectivity index (χ3n) is 5.62. The van der Waals surface area contributed by atoms with Crippen molar-refractivity contribution in [3.8, 4) is 5.75 Å². The highest BCUT2D eigenvalue weighted by Crippen LogP contribution is 2.14. The van der Waals surface area contributed by atoms with Gasteiger partial charge in [0.15, 0.2) is 0 Å². The van der Waals surface area contributed by atoms with E-state index in [-0.39, 0.29) is 17.7 Å². The minimum atomic E-state index is -0.318. The number of rotatable bonds is 17. The second kappa shape index (κ2) is 17.6. The Hall–Kier alpha value is -2.04. The first-order chi connectivity index (χ1) is 15.1. The molecule has 0 bridgehead atoms. The van der Waals surface area contributed by atoms with E-state index in [2.05, 4.69) is 24.7 Å². The van der Waals surface area contributed by atoms with E-state index in [9.17, 15) is 9.59 Å². The van der Waals surface area contributed by atoms with E-state index in [4.69, 9.17) is 4.74 Å². The summed E-state index contributed by atoms with van der Waals surface area (Å²) in [6.45, 7) is 7.01. The summed E-state index contributed by atoms with van der Waals surface area (Å²) in [6, 6.07) is 7.05. The highest BCUT2D eigenvalue weighted by molar-refractivity contribution is 5.95. The lowest BCUT2D eigenvalue weighted by Crippen LogP contribution is -2.44. The Morgan fingerprint density at radius 2 is 1.32 bits per heavy atom. The molecule has 0 saturated heterocycles. The molecule has 176 valence electrons. The van der Waals surface area contributed by atoms with Gasteiger partial charge in [0.25, 0.3) is 5.91 Å². The number of hydrogen-bond donors (Lipinski definition) is 2. The van der Waals surface area contributed by atoms with Gasteiger partial charge in [0.05, 0.1) is 6.61 Å². The highest BCUT2D eigenvalue weighted by Gasteiger charge is 2.14. The van der Waals surface area contributed by atoms with Crippen LogP contribution < -0.4 is 15.6 Å². The summed E-state index contributed by atoms with van der Waals surface area (Å²) in [5, 5.41) is 0. The molecule has 0 aliphatic rings. The molecular formula is C26H44N2O3. The topological polar surface area (TPSA) is 67.4 Å². The van der Waals surface area contributed by atoms with Crippen molar-refractivity contribution in [1.82, 2.24) is 10.9 Å². The lowest BCUT2D eigenvalue weighted by Gasteiger charge is -2.13. The van der Waals surface area contributed by atoms with E-state index < -0.39 is 0 Å². The summed E-state index contributed by atoms with van der Waals surface area (Å²) >= 11 is 0. The van der Waals surface area contributed by atoms with Crippen molar-refractivity contribution >= 4 is 11.8 Å². The van der Waals surface area contributed by atoms with Crippen LogP contribution in [0.3, 0.4) is 0 Å². The zero-order valence-corrected chi connectivity index (χ0v) is 20.0. The number of benzene rings is 1. The van der Waals surface area contributed by atoms with Crippen LogP contribution in [0.15, 0.2) is 24.3 Å². The van der Waals surface area contributed by atoms with Gasteiger partial charge in [-0.1, -0.05) is 91.4 Å². The number of amides is 2. The SMILES string of the molecule is CCCCCCCCCCOc1ccc(C(=O)NNC(=O)[C@@H](C)CCCCCC)cc1. The van der Waals surface area contributed by atoms with E-state index in [0.29, 0.717) is 12.2 Å². The summed E-state index contributed by atoms with van der Waals surface area (Å²) in [7, 11) is 0. The molecule has 2 amide bonds. The zero-order chi connectivity index (χ0) is 22.7. The predicted molar refractivity (Wildman–Crippen MR) is 128 cm³/mol. The standard InChI is InChI=1S/C26H44N2O3/c1-4-6-8-10-11-12-13-15-21-31-24-19-17-23(18-20-24)26(30)28-27-25(29)22(3)16-14-9-7-5-2/h17-20,22H,4-16,21H2,1-3H3,(H,27,29)(H,28,30)/t22-/m0/s1. The van der Waals surface area contributed by atoms with Gasteiger partial charge in [-0.25, -0.2) is 0 Å². The van der Waals surface area contributed by atoms with Crippen LogP contribution >= 0.6 is 0 Å². The van der Waals surface area contributed by atoms with Crippen molar-refractivity contribution in [2.45, 2.75) is 104 Å². The molecule has 0 aliphatic heterocycles. The smallest absolute Gasteiger partial charge is 0.269 e. The lowest BCUT2D eigenvalue weighted by atomic mass is 10.0. The number of carbonyl (C=O) groups is 2. The molecule has 0 aromatic heterocycles. The van der Waals surface area contributed by atoms with Gasteiger partial charge in [-0.2, -0.15) is 0 Å². The largest absolute Gasteiger partial charge is 0.494 e. The normalized spacial score (nSPS) is 11.7. The zero-order valence-electron chi connectivity index (χ0n) is 20.0. The maximum absolute atomic E-state index is 12.2. The number of hydrogen-bond acceptors (Lipinski definition) is 3. The van der Waals surface area contributed by atoms with Crippen LogP contribution in [-0.2, 0) is 4.79 Å². The Balaban J connectivity index is 2.19. The molecule has 0 radical (unpaired) electrons. The number of carbonyl (C=O) groups excluding carboxylic acids is 2. The van der Waals surface area contributed by atoms with Crippen molar-refractivity contribution in [2.24, 2.45) is 5.92 Å². The molecule has 31 heavy (non-hydrogen) atoms. The van der Waals surface area contributed by atoms with Gasteiger partial charge in [-0.15, -0.1) is 0 Å². The lowest BCUT2D eigenvalue weighted by molar-refractivity contribution is -0.125. The summed E-state index contributed by atoms with van der Waals surface area (Å²) in [5.41, 5.74) is 5.54. The van der Waals surface area contributed by atoms with Crippen molar-refractivity contribution in [1.29, 1.82) is 0 Å². The van der Waals surface area contributed by atoms with Gasteiger partial charge >= 0.3 is 0 Å². The van der Waals surface area contributed by atoms with E-state index >= 15 is 0 Å². The molecule has 0 unspecified atom stereocenters. The number of hydrazine groups is 1. The summed E-state index contributed by atoms with van der Waals surface area (Å²) in [6.07, 6.45) is 15.6. The second-order valence-electron chi connectivity index (χ2n) is 8.54. The minimum absolute atomic E-state index is 0.107. The van der Waals surface area contributed by atoms with Crippen molar-refractivity contribution in [2.75, 3.05) is 6.61 Å². The molecule has 5 heteroatoms. The Labute approximate surface area is 189 Å². The third-order valence-corrected chi connectivity index (χ3v) is 5.62. The third kappa shape index (κ3) is 13.1. The van der Waals surface area contributed by atoms with Gasteiger partial charge in [0.1, 0.15) is 5.75 Å². The number of unbranched alkanes of at least 4 members (excludes halogenated alkanes) is 10. The Kier molecular flexibility index (Phi) is 15.3. The fourth-order valence-corrected chi connectivity index (χ4v) is 3.45. The maximum atomic E-state index is 12.2. The fraction of sp³-hybridized carbons (Fsp3) is 0.692. The Morgan fingerprint density at radius 1 is 0.774 bits per heavy atom. The quantitative estimate of drug-likeness (QED) is 0.216. The van der Waals surface area contributed by atoms with E-state index in [1.165, 1.54) is 57.8 Å². The van der Waals surface area contributed by atoms with Gasteiger partial charge < -0.3 is 4.74 Å². The second-order valence-corrected chi connectivity index (χ2v) is 8.54. The first-order valence-corrected chi connectivity index (χ1v) is 12.4. The van der Waals surface area contributed by atoms with Gasteiger partial charge in [-0.3, -0.25) is 20.4 Å². The van der Waals surface area contributed by atoms with Crippen LogP contribution in [0, 0.1) is 5.92 Å². The molecule has 0 saturated carbocycles. The molecule has 0 aliphatic carbocycles. The number of nitrogens with one attached hydrogen (secondary N) is 2. The molecule has 1 atom stereocenters. The maximum Gasteiger partial charge on any atom is 0.269 e. The minimum Gasteiger partial charge on any atom is -0.494 e. The van der Waals surface area contributed by atoms with Crippen LogP contribution in [0.5, 0.6) is 5.75 Å². The first kappa shape index (κ1) is 27.0. The van der Waals surface area contributed by atoms with Gasteiger partial charge in [0, 0.05) is 11.5 Å². The van der Waals surface area contributed by atoms with Crippen LogP contribution in [0.25, 0.3) is 0 Å². The average Bonchev–Trinajstić information content (AvgIpc) is 2.79. The molecule has 1 rings (SSSR count). The molecule has 1 aromatic carbocycles. The molecule has 2 N–H and O–H groups in total. The van der Waals surface area contributed by atoms with Gasteiger partial charge in [0.2, 0.25) is 5.91 Å². The molecule has 0 spiro atoms. The summed E-state index contributed by atoms with van der Waals surface area (Å²) < 4.78 is 5.77. The van der Waals surface area contributed by atoms with Gasteiger partial charge in [-0.05, 0) is 37.1 Å². The van der Waals surface area contributed by atoms with Crippen LogP contribution in [0.1, 0.15) is 115 Å². The van der Waals surface area contributed by atoms with Crippen molar-refractivity contribution in [3.63, 3.8) is 0 Å². The summed E-state index contributed by atoms with van der Waals surface area (Å²) in [4.78, 5) is 24.4. The number of ether oxygens (including phenoxy) is 1. The Morgan fingerprint density at radius 3 is 1.94 bits per heavy atom. The van der Waals surface area contributed by atoms with Crippen molar-refractivity contribution in [3.05, 3.63) is 29.8 Å². The molecule has 5 nitrogen and oxygen atoms in total. The average molecular weight is 433 g/mol. The van der Waals surface area contributed by atoms with E-state index in [1.54, 1.807) is 24.3 Å². The van der Waals surface area contributed by atoms with Crippen LogP contribution in [0.2, 0.25) is 0 Å². The molecular weight excluding hydrogens is 388 g/mol. The van der Waals surface area contributed by atoms with Crippen molar-refractivity contribution < 1.29 is 14.3 Å². The van der Waals surface area contributed by atoms with E-state index in [0.717, 1.165) is 31.4 Å². The first-order valence-electron chi connectivity index (χ1n) is 12.4.